The Morgan fingerprint density at radius 2 is 1.56 bits per heavy atom. The normalized spacial score (nSPS) is 13.1. The van der Waals surface area contributed by atoms with Crippen molar-refractivity contribution in [1.29, 1.82) is 0 Å². The third kappa shape index (κ3) is 3.43. The number of carbonyl (C=O) groups is 2. The number of rotatable bonds is 7. The van der Waals surface area contributed by atoms with Crippen LogP contribution in [0.5, 0.6) is 0 Å². The van der Waals surface area contributed by atoms with E-state index >= 15 is 0 Å². The number of hydrogen-bond donors (Lipinski definition) is 2. The number of unbranched alkanes of at least 4 members (excludes halogenated alkanes) is 1. The monoisotopic (exact) mass is 428 g/mol. The van der Waals surface area contributed by atoms with Crippen LogP contribution in [0.3, 0.4) is 0 Å². The molecule has 0 aliphatic carbocycles. The zero-order chi connectivity index (χ0) is 22.1. The van der Waals surface area contributed by atoms with E-state index in [4.69, 9.17) is 0 Å². The van der Waals surface area contributed by atoms with Crippen molar-refractivity contribution >= 4 is 28.8 Å². The van der Waals surface area contributed by atoms with Crippen LogP contribution in [-0.2, 0) is 0 Å². The van der Waals surface area contributed by atoms with Gasteiger partial charge in [-0.2, -0.15) is 10.1 Å². The van der Waals surface area contributed by atoms with E-state index in [0.717, 1.165) is 5.69 Å². The van der Waals surface area contributed by atoms with Crippen LogP contribution in [-0.4, -0.2) is 49.6 Å². The van der Waals surface area contributed by atoms with Gasteiger partial charge in [0.05, 0.1) is 23.0 Å². The van der Waals surface area contributed by atoms with E-state index in [-0.39, 0.29) is 17.4 Å². The smallest absolute Gasteiger partial charge is 0.263 e. The molecular weight excluding hydrogens is 408 g/mol. The molecule has 32 heavy (non-hydrogen) atoms. The second-order valence-electron chi connectivity index (χ2n) is 7.49. The predicted molar refractivity (Wildman–Crippen MR) is 119 cm³/mol. The first-order valence-corrected chi connectivity index (χ1v) is 10.4. The molecule has 0 radical (unpaired) electrons. The molecular formula is C23H20N6O3. The number of aromatic nitrogens is 4. The molecule has 0 unspecified atom stereocenters. The van der Waals surface area contributed by atoms with Crippen LogP contribution in [0.4, 0.5) is 5.95 Å². The number of nitrogens with one attached hydrogen (secondary N) is 2. The number of imide groups is 1. The minimum absolute atomic E-state index is 0.246. The first-order valence-electron chi connectivity index (χ1n) is 10.4. The summed E-state index contributed by atoms with van der Waals surface area (Å²) in [4.78, 5) is 45.8. The lowest BCUT2D eigenvalue weighted by Gasteiger charge is -2.13. The largest absolute Gasteiger partial charge is 0.356 e. The number of fused-ring (bicyclic) bond motifs is 2. The lowest BCUT2D eigenvalue weighted by Crippen LogP contribution is -2.31. The van der Waals surface area contributed by atoms with Crippen LogP contribution in [0.1, 0.15) is 33.6 Å². The second-order valence-corrected chi connectivity index (χ2v) is 7.49. The van der Waals surface area contributed by atoms with Gasteiger partial charge in [-0.25, -0.2) is 4.68 Å². The van der Waals surface area contributed by atoms with E-state index in [1.54, 1.807) is 28.9 Å². The van der Waals surface area contributed by atoms with Gasteiger partial charge in [-0.1, -0.05) is 30.3 Å². The molecule has 0 saturated carbocycles. The maximum Gasteiger partial charge on any atom is 0.263 e. The summed E-state index contributed by atoms with van der Waals surface area (Å²) in [6, 6.07) is 16.3. The van der Waals surface area contributed by atoms with Gasteiger partial charge in [-0.15, -0.1) is 0 Å². The Morgan fingerprint density at radius 1 is 0.875 bits per heavy atom. The summed E-state index contributed by atoms with van der Waals surface area (Å²) < 4.78 is 1.62. The number of nitrogens with zero attached hydrogens (tertiary/aromatic N) is 4. The molecule has 2 aromatic carbocycles. The molecule has 2 aromatic heterocycles. The zero-order valence-corrected chi connectivity index (χ0v) is 17.1. The summed E-state index contributed by atoms with van der Waals surface area (Å²) in [6.45, 7) is 0.870. The van der Waals surface area contributed by atoms with Crippen LogP contribution in [0, 0.1) is 0 Å². The number of H-pyrrole nitrogens is 1. The number of amides is 2. The number of carbonyl (C=O) groups excluding carboxylic acids is 2. The average Bonchev–Trinajstić information content (AvgIpc) is 3.35. The topological polar surface area (TPSA) is 113 Å². The van der Waals surface area contributed by atoms with Gasteiger partial charge in [0, 0.05) is 13.1 Å². The van der Waals surface area contributed by atoms with E-state index in [2.05, 4.69) is 20.4 Å². The second kappa shape index (κ2) is 8.10. The highest BCUT2D eigenvalue weighted by atomic mass is 16.2. The van der Waals surface area contributed by atoms with Crippen molar-refractivity contribution in [2.24, 2.45) is 0 Å². The van der Waals surface area contributed by atoms with Gasteiger partial charge in [0.25, 0.3) is 17.4 Å². The van der Waals surface area contributed by atoms with Crippen molar-refractivity contribution < 1.29 is 9.59 Å². The summed E-state index contributed by atoms with van der Waals surface area (Å²) >= 11 is 0. The van der Waals surface area contributed by atoms with Gasteiger partial charge < -0.3 is 5.32 Å². The number of para-hydroxylation sites is 1. The fraction of sp³-hybridized carbons (Fsp3) is 0.174. The molecule has 9 heteroatoms. The fourth-order valence-electron chi connectivity index (χ4n) is 3.80. The van der Waals surface area contributed by atoms with E-state index in [1.165, 1.54) is 11.1 Å². The maximum atomic E-state index is 12.4. The quantitative estimate of drug-likeness (QED) is 0.346. The molecule has 0 saturated heterocycles. The number of aromatic amines is 1. The molecule has 9 nitrogen and oxygen atoms in total. The Kier molecular flexibility index (Phi) is 4.98. The Morgan fingerprint density at radius 3 is 2.28 bits per heavy atom. The van der Waals surface area contributed by atoms with Crippen molar-refractivity contribution in [3.63, 3.8) is 0 Å². The highest BCUT2D eigenvalue weighted by Gasteiger charge is 2.34. The molecule has 0 spiro atoms. The van der Waals surface area contributed by atoms with Crippen molar-refractivity contribution in [3.05, 3.63) is 82.3 Å². The molecule has 5 rings (SSSR count). The molecule has 1 aliphatic heterocycles. The van der Waals surface area contributed by atoms with E-state index in [9.17, 15) is 14.4 Å². The van der Waals surface area contributed by atoms with Crippen molar-refractivity contribution in [1.82, 2.24) is 24.6 Å². The van der Waals surface area contributed by atoms with Gasteiger partial charge in [-0.05, 0) is 37.1 Å². The third-order valence-corrected chi connectivity index (χ3v) is 5.42. The Labute approximate surface area is 182 Å². The molecule has 3 heterocycles. The lowest BCUT2D eigenvalue weighted by atomic mass is 10.1. The fourth-order valence-corrected chi connectivity index (χ4v) is 3.80. The zero-order valence-electron chi connectivity index (χ0n) is 17.1. The summed E-state index contributed by atoms with van der Waals surface area (Å²) in [6.07, 6.45) is 2.82. The van der Waals surface area contributed by atoms with Gasteiger partial charge in [0.1, 0.15) is 5.39 Å². The van der Waals surface area contributed by atoms with Crippen molar-refractivity contribution in [2.75, 3.05) is 18.4 Å². The standard InChI is InChI=1S/C23H20N6O3/c30-20-18-14-25-29(15-8-2-1-3-9-15)19(18)26-23(27-20)24-12-6-7-13-28-21(31)16-10-4-5-11-17(16)22(28)32/h1-5,8-11,14H,6-7,12-13H2,(H2,24,26,27,30). The minimum atomic E-state index is -0.272. The van der Waals surface area contributed by atoms with Gasteiger partial charge in [-0.3, -0.25) is 24.3 Å². The van der Waals surface area contributed by atoms with E-state index in [0.29, 0.717) is 54.0 Å². The molecule has 1 aliphatic rings. The summed E-state index contributed by atoms with van der Waals surface area (Å²) in [5, 5.41) is 7.81. The molecule has 0 atom stereocenters. The summed E-state index contributed by atoms with van der Waals surface area (Å²) in [5.74, 6) is -0.144. The van der Waals surface area contributed by atoms with Crippen LogP contribution < -0.4 is 10.9 Å². The van der Waals surface area contributed by atoms with Crippen LogP contribution in [0.15, 0.2) is 65.6 Å². The molecule has 0 fully saturated rings. The van der Waals surface area contributed by atoms with Crippen molar-refractivity contribution in [3.8, 4) is 5.69 Å². The predicted octanol–water partition coefficient (Wildman–Crippen LogP) is 2.60. The Balaban J connectivity index is 1.22. The first-order chi connectivity index (χ1) is 15.6. The van der Waals surface area contributed by atoms with Crippen molar-refractivity contribution in [2.45, 2.75) is 12.8 Å². The molecule has 2 amide bonds. The molecule has 0 bridgehead atoms. The maximum absolute atomic E-state index is 12.4. The average molecular weight is 428 g/mol. The highest BCUT2D eigenvalue weighted by molar-refractivity contribution is 6.21. The number of anilines is 1. The molecule has 160 valence electrons. The van der Waals surface area contributed by atoms with Crippen LogP contribution >= 0.6 is 0 Å². The summed E-state index contributed by atoms with van der Waals surface area (Å²) in [7, 11) is 0. The lowest BCUT2D eigenvalue weighted by molar-refractivity contribution is 0.0652. The number of benzene rings is 2. The number of hydrogen-bond acceptors (Lipinski definition) is 6. The molecule has 4 aromatic rings. The van der Waals surface area contributed by atoms with E-state index < -0.39 is 0 Å². The third-order valence-electron chi connectivity index (χ3n) is 5.42. The summed E-state index contributed by atoms with van der Waals surface area (Å²) in [5.41, 5.74) is 1.92. The van der Waals surface area contributed by atoms with Gasteiger partial charge in [0.2, 0.25) is 5.95 Å². The Hall–Kier alpha value is -4.27. The first kappa shape index (κ1) is 19.7. The van der Waals surface area contributed by atoms with E-state index in [1.807, 2.05) is 30.3 Å². The molecule has 2 N–H and O–H groups in total. The highest BCUT2D eigenvalue weighted by Crippen LogP contribution is 2.22. The Bertz CT molecular complexity index is 1340. The van der Waals surface area contributed by atoms with Crippen LogP contribution in [0.25, 0.3) is 16.7 Å². The van der Waals surface area contributed by atoms with Crippen LogP contribution in [0.2, 0.25) is 0 Å². The SMILES string of the molecule is O=C1c2ccccc2C(=O)N1CCCCNc1nc2c(cnn2-c2ccccc2)c(=O)[nH]1. The minimum Gasteiger partial charge on any atom is -0.356 e. The van der Waals surface area contributed by atoms with Gasteiger partial charge >= 0.3 is 0 Å². The van der Waals surface area contributed by atoms with Gasteiger partial charge in [0.15, 0.2) is 5.65 Å².